The molecule has 0 fully saturated rings. The molecule has 96 valence electrons. The molecule has 0 spiro atoms. The lowest BCUT2D eigenvalue weighted by molar-refractivity contribution is 0.0685. The van der Waals surface area contributed by atoms with Crippen LogP contribution in [0, 0.1) is 11.3 Å². The Kier molecular flexibility index (Phi) is 3.48. The van der Waals surface area contributed by atoms with Crippen LogP contribution in [0.1, 0.15) is 21.8 Å². The Labute approximate surface area is 109 Å². The van der Waals surface area contributed by atoms with Crippen molar-refractivity contribution in [2.45, 2.75) is 6.54 Å². The van der Waals surface area contributed by atoms with E-state index in [1.54, 1.807) is 18.2 Å². The molecule has 0 unspecified atom stereocenters. The first-order valence-corrected chi connectivity index (χ1v) is 5.50. The quantitative estimate of drug-likeness (QED) is 0.899. The van der Waals surface area contributed by atoms with E-state index in [2.05, 4.69) is 11.2 Å². The normalized spacial score (nSPS) is 9.89. The minimum Gasteiger partial charge on any atom is -0.476 e. The Morgan fingerprint density at radius 2 is 2.32 bits per heavy atom. The zero-order valence-electron chi connectivity index (χ0n) is 10.2. The molecule has 2 rings (SSSR count). The summed E-state index contributed by atoms with van der Waals surface area (Å²) in [6.07, 6.45) is 0. The van der Waals surface area contributed by atoms with Gasteiger partial charge in [-0.05, 0) is 18.2 Å². The van der Waals surface area contributed by atoms with Gasteiger partial charge >= 0.3 is 5.97 Å². The average Bonchev–Trinajstić information content (AvgIpc) is 2.87. The lowest BCUT2D eigenvalue weighted by atomic mass is 10.2. The van der Waals surface area contributed by atoms with Crippen molar-refractivity contribution in [3.63, 3.8) is 0 Å². The summed E-state index contributed by atoms with van der Waals surface area (Å²) in [6.45, 7) is 0.370. The third-order valence-corrected chi connectivity index (χ3v) is 2.59. The Bertz CT molecular complexity index is 643. The smallest absolute Gasteiger partial charge is 0.358 e. The van der Waals surface area contributed by atoms with Gasteiger partial charge < -0.3 is 14.5 Å². The molecule has 0 atom stereocenters. The summed E-state index contributed by atoms with van der Waals surface area (Å²) in [6, 6.07) is 10.5. The summed E-state index contributed by atoms with van der Waals surface area (Å²) >= 11 is 0. The summed E-state index contributed by atoms with van der Waals surface area (Å²) in [5.74, 6) is -0.675. The van der Waals surface area contributed by atoms with Crippen LogP contribution in [0.2, 0.25) is 0 Å². The maximum Gasteiger partial charge on any atom is 0.358 e. The molecule has 19 heavy (non-hydrogen) atoms. The predicted molar refractivity (Wildman–Crippen MR) is 66.7 cm³/mol. The number of nitriles is 1. The summed E-state index contributed by atoms with van der Waals surface area (Å²) in [4.78, 5) is 12.5. The van der Waals surface area contributed by atoms with Gasteiger partial charge in [0.2, 0.25) is 0 Å². The number of benzene rings is 1. The number of hydrogen-bond acceptors (Lipinski definition) is 5. The summed E-state index contributed by atoms with van der Waals surface area (Å²) in [5.41, 5.74) is 1.29. The predicted octanol–water partition coefficient (Wildman–Crippen LogP) is 1.88. The lowest BCUT2D eigenvalue weighted by Crippen LogP contribution is -2.15. The van der Waals surface area contributed by atoms with Gasteiger partial charge in [0, 0.05) is 18.8 Å². The fourth-order valence-corrected chi connectivity index (χ4v) is 1.63. The summed E-state index contributed by atoms with van der Waals surface area (Å²) in [5, 5.41) is 21.0. The zero-order valence-corrected chi connectivity index (χ0v) is 10.2. The first kappa shape index (κ1) is 12.6. The fraction of sp³-hybridized carbons (Fsp3) is 0.154. The molecule has 6 heteroatoms. The van der Waals surface area contributed by atoms with Crippen molar-refractivity contribution < 1.29 is 14.4 Å². The number of aromatic carboxylic acids is 1. The van der Waals surface area contributed by atoms with Gasteiger partial charge in [0.15, 0.2) is 11.5 Å². The van der Waals surface area contributed by atoms with Gasteiger partial charge in [-0.2, -0.15) is 5.26 Å². The number of hydrogen-bond donors (Lipinski definition) is 1. The number of aromatic nitrogens is 1. The molecule has 0 bridgehead atoms. The molecular weight excluding hydrogens is 246 g/mol. The van der Waals surface area contributed by atoms with Gasteiger partial charge in [0.05, 0.1) is 18.2 Å². The highest BCUT2D eigenvalue weighted by Gasteiger charge is 2.12. The van der Waals surface area contributed by atoms with Crippen molar-refractivity contribution in [3.8, 4) is 6.07 Å². The Morgan fingerprint density at radius 1 is 1.53 bits per heavy atom. The van der Waals surface area contributed by atoms with Crippen LogP contribution in [0.5, 0.6) is 0 Å². The molecule has 0 aliphatic carbocycles. The number of carboxylic acid groups (broad SMARTS) is 1. The second kappa shape index (κ2) is 5.23. The Balaban J connectivity index is 2.13. The number of nitrogens with zero attached hydrogens (tertiary/aromatic N) is 3. The molecule has 1 aromatic heterocycles. The van der Waals surface area contributed by atoms with Crippen LogP contribution in [0.25, 0.3) is 0 Å². The van der Waals surface area contributed by atoms with Crippen molar-refractivity contribution in [1.82, 2.24) is 5.16 Å². The van der Waals surface area contributed by atoms with Gasteiger partial charge in [-0.1, -0.05) is 11.2 Å². The lowest BCUT2D eigenvalue weighted by Gasteiger charge is -2.17. The van der Waals surface area contributed by atoms with Crippen LogP contribution in [-0.2, 0) is 6.54 Å². The van der Waals surface area contributed by atoms with Crippen LogP contribution in [0.3, 0.4) is 0 Å². The minimum absolute atomic E-state index is 0.117. The van der Waals surface area contributed by atoms with E-state index in [-0.39, 0.29) is 5.69 Å². The molecular formula is C13H11N3O3. The maximum atomic E-state index is 10.7. The van der Waals surface area contributed by atoms with Crippen molar-refractivity contribution >= 4 is 11.7 Å². The highest BCUT2D eigenvalue weighted by atomic mass is 16.5. The fourth-order valence-electron chi connectivity index (χ4n) is 1.63. The van der Waals surface area contributed by atoms with E-state index in [1.165, 1.54) is 6.07 Å². The van der Waals surface area contributed by atoms with E-state index in [0.29, 0.717) is 17.9 Å². The van der Waals surface area contributed by atoms with E-state index in [1.807, 2.05) is 18.0 Å². The van der Waals surface area contributed by atoms with Gasteiger partial charge in [0.25, 0.3) is 0 Å². The van der Waals surface area contributed by atoms with Crippen molar-refractivity contribution in [2.75, 3.05) is 11.9 Å². The van der Waals surface area contributed by atoms with E-state index >= 15 is 0 Å². The molecule has 6 nitrogen and oxygen atoms in total. The molecule has 1 heterocycles. The van der Waals surface area contributed by atoms with Gasteiger partial charge in [0.1, 0.15) is 0 Å². The Hall–Kier alpha value is -2.81. The number of anilines is 1. The van der Waals surface area contributed by atoms with Gasteiger partial charge in [-0.3, -0.25) is 0 Å². The molecule has 0 saturated carbocycles. The second-order valence-electron chi connectivity index (χ2n) is 4.00. The SMILES string of the molecule is CN(Cc1cc(C(=O)O)no1)c1cccc(C#N)c1. The largest absolute Gasteiger partial charge is 0.476 e. The highest BCUT2D eigenvalue weighted by Crippen LogP contribution is 2.17. The molecule has 0 amide bonds. The molecule has 2 aromatic rings. The molecule has 0 aliphatic heterocycles. The van der Waals surface area contributed by atoms with Crippen molar-refractivity contribution in [1.29, 1.82) is 5.26 Å². The first-order valence-electron chi connectivity index (χ1n) is 5.50. The molecule has 0 saturated heterocycles. The van der Waals surface area contributed by atoms with Crippen LogP contribution in [0.15, 0.2) is 34.9 Å². The van der Waals surface area contributed by atoms with Crippen LogP contribution >= 0.6 is 0 Å². The third kappa shape index (κ3) is 2.90. The van der Waals surface area contributed by atoms with E-state index in [0.717, 1.165) is 5.69 Å². The summed E-state index contributed by atoms with van der Waals surface area (Å²) in [7, 11) is 1.82. The van der Waals surface area contributed by atoms with Crippen LogP contribution < -0.4 is 4.90 Å². The Morgan fingerprint density at radius 3 is 2.95 bits per heavy atom. The number of rotatable bonds is 4. The van der Waals surface area contributed by atoms with Crippen LogP contribution in [0.4, 0.5) is 5.69 Å². The van der Waals surface area contributed by atoms with E-state index in [4.69, 9.17) is 14.9 Å². The van der Waals surface area contributed by atoms with E-state index in [9.17, 15) is 4.79 Å². The molecule has 0 radical (unpaired) electrons. The standard InChI is InChI=1S/C13H11N3O3/c1-16(10-4-2-3-9(5-10)7-14)8-11-6-12(13(17)18)15-19-11/h2-6H,8H2,1H3,(H,17,18). The molecule has 1 N–H and O–H groups in total. The minimum atomic E-state index is -1.12. The van der Waals surface area contributed by atoms with Crippen molar-refractivity contribution in [3.05, 3.63) is 47.3 Å². The van der Waals surface area contributed by atoms with Crippen LogP contribution in [-0.4, -0.2) is 23.3 Å². The van der Waals surface area contributed by atoms with E-state index < -0.39 is 5.97 Å². The average molecular weight is 257 g/mol. The molecule has 1 aromatic carbocycles. The van der Waals surface area contributed by atoms with Gasteiger partial charge in [-0.25, -0.2) is 4.79 Å². The zero-order chi connectivity index (χ0) is 13.8. The number of carbonyl (C=O) groups is 1. The van der Waals surface area contributed by atoms with Crippen molar-refractivity contribution in [2.24, 2.45) is 0 Å². The topological polar surface area (TPSA) is 90.4 Å². The highest BCUT2D eigenvalue weighted by molar-refractivity contribution is 5.85. The third-order valence-electron chi connectivity index (χ3n) is 2.59. The summed E-state index contributed by atoms with van der Waals surface area (Å²) < 4.78 is 4.94. The maximum absolute atomic E-state index is 10.7. The van der Waals surface area contributed by atoms with Gasteiger partial charge in [-0.15, -0.1) is 0 Å². The number of carboxylic acids is 1. The molecule has 0 aliphatic rings. The monoisotopic (exact) mass is 257 g/mol. The first-order chi connectivity index (χ1) is 9.10. The second-order valence-corrected chi connectivity index (χ2v) is 4.00.